The summed E-state index contributed by atoms with van der Waals surface area (Å²) in [4.78, 5) is 12.1. The average Bonchev–Trinajstić information content (AvgIpc) is 2.54. The van der Waals surface area contributed by atoms with Gasteiger partial charge in [0.25, 0.3) is 0 Å². The zero-order valence-electron chi connectivity index (χ0n) is 20.4. The van der Waals surface area contributed by atoms with Crippen molar-refractivity contribution >= 4 is 22.4 Å². The van der Waals surface area contributed by atoms with Crippen LogP contribution in [-0.2, 0) is 13.6 Å². The van der Waals surface area contributed by atoms with E-state index in [1.54, 1.807) is 0 Å². The van der Waals surface area contributed by atoms with Gasteiger partial charge in [-0.05, 0) is 63.0 Å². The van der Waals surface area contributed by atoms with Crippen LogP contribution in [0.15, 0.2) is 0 Å². The van der Waals surface area contributed by atoms with Gasteiger partial charge in [-0.25, -0.2) is 0 Å². The number of rotatable bonds is 14. The second kappa shape index (κ2) is 12.0. The van der Waals surface area contributed by atoms with Crippen LogP contribution in [0, 0.1) is 11.8 Å². The summed E-state index contributed by atoms with van der Waals surface area (Å²) in [6.07, 6.45) is 3.67. The van der Waals surface area contributed by atoms with Crippen LogP contribution in [0.2, 0.25) is 37.8 Å². The van der Waals surface area contributed by atoms with Crippen LogP contribution in [0.3, 0.4) is 0 Å². The fraction of sp³-hybridized carbons (Fsp3) is 0.955. The number of Topliss-reactive ketones (excluding diaryl/α,β-unsaturated/α-hetero) is 1. The summed E-state index contributed by atoms with van der Waals surface area (Å²) in [6, 6.07) is 0. The van der Waals surface area contributed by atoms with Gasteiger partial charge in [-0.1, -0.05) is 34.6 Å². The summed E-state index contributed by atoms with van der Waals surface area (Å²) in [5.41, 5.74) is 0. The van der Waals surface area contributed by atoms with Crippen molar-refractivity contribution in [2.45, 2.75) is 111 Å². The first-order valence-corrected chi connectivity index (χ1v) is 17.4. The van der Waals surface area contributed by atoms with E-state index < -0.39 is 16.6 Å². The monoisotopic (exact) mass is 432 g/mol. The van der Waals surface area contributed by atoms with E-state index in [9.17, 15) is 4.79 Å². The van der Waals surface area contributed by atoms with Crippen molar-refractivity contribution in [3.63, 3.8) is 0 Å². The highest BCUT2D eigenvalue weighted by atomic mass is 28.4. The van der Waals surface area contributed by atoms with Gasteiger partial charge in [-0.15, -0.1) is 0 Å². The molecule has 0 aromatic carbocycles. The number of hydrogen-bond donors (Lipinski definition) is 1. The van der Waals surface area contributed by atoms with Gasteiger partial charge in [-0.3, -0.25) is 4.79 Å². The molecule has 0 aliphatic rings. The van der Waals surface area contributed by atoms with Gasteiger partial charge in [0.1, 0.15) is 5.78 Å². The average molecular weight is 433 g/mol. The van der Waals surface area contributed by atoms with E-state index in [-0.39, 0.29) is 17.7 Å². The minimum absolute atomic E-state index is 0.127. The summed E-state index contributed by atoms with van der Waals surface area (Å²) in [5, 5.41) is 9.07. The molecule has 28 heavy (non-hydrogen) atoms. The lowest BCUT2D eigenvalue weighted by molar-refractivity contribution is -0.119. The molecule has 0 heterocycles. The summed E-state index contributed by atoms with van der Waals surface area (Å²) in [7, 11) is -3.48. The van der Waals surface area contributed by atoms with E-state index >= 15 is 0 Å². The maximum atomic E-state index is 12.1. The van der Waals surface area contributed by atoms with Crippen LogP contribution >= 0.6 is 0 Å². The van der Waals surface area contributed by atoms with Crippen LogP contribution in [-0.4, -0.2) is 46.8 Å². The van der Waals surface area contributed by atoms with Crippen molar-refractivity contribution < 1.29 is 18.8 Å². The smallest absolute Gasteiger partial charge is 0.191 e. The van der Waals surface area contributed by atoms with Crippen molar-refractivity contribution in [2.75, 3.05) is 13.2 Å². The van der Waals surface area contributed by atoms with Crippen molar-refractivity contribution in [3.05, 3.63) is 0 Å². The lowest BCUT2D eigenvalue weighted by atomic mass is 9.89. The van der Waals surface area contributed by atoms with Crippen molar-refractivity contribution in [3.8, 4) is 0 Å². The van der Waals surface area contributed by atoms with Crippen LogP contribution in [0.25, 0.3) is 0 Å². The summed E-state index contributed by atoms with van der Waals surface area (Å²) in [5.74, 6) is 0.934. The molecule has 0 fully saturated rings. The molecule has 0 saturated heterocycles. The Hall–Kier alpha value is -0.0162. The van der Waals surface area contributed by atoms with Crippen LogP contribution in [0.4, 0.5) is 0 Å². The number of aliphatic hydroxyl groups is 1. The van der Waals surface area contributed by atoms with E-state index in [4.69, 9.17) is 14.0 Å². The maximum absolute atomic E-state index is 12.1. The highest BCUT2D eigenvalue weighted by Crippen LogP contribution is 2.37. The van der Waals surface area contributed by atoms with Gasteiger partial charge in [0.2, 0.25) is 0 Å². The molecule has 0 unspecified atom stereocenters. The van der Waals surface area contributed by atoms with Crippen molar-refractivity contribution in [1.29, 1.82) is 0 Å². The third-order valence-electron chi connectivity index (χ3n) is 5.87. The number of unbranched alkanes of at least 4 members (excludes halogenated alkanes) is 1. The van der Waals surface area contributed by atoms with Crippen LogP contribution < -0.4 is 0 Å². The molecular weight excluding hydrogens is 384 g/mol. The molecule has 168 valence electrons. The third kappa shape index (κ3) is 11.2. The Labute approximate surface area is 177 Å². The molecule has 3 atom stereocenters. The lowest BCUT2D eigenvalue weighted by Crippen LogP contribution is -2.45. The molecule has 1 N–H and O–H groups in total. The number of aliphatic hydroxyl groups excluding tert-OH is 1. The van der Waals surface area contributed by atoms with Gasteiger partial charge in [-0.2, -0.15) is 0 Å². The minimum atomic E-state index is -1.78. The van der Waals surface area contributed by atoms with Crippen molar-refractivity contribution in [2.24, 2.45) is 11.8 Å². The molecule has 0 saturated carbocycles. The Morgan fingerprint density at radius 2 is 1.54 bits per heavy atom. The SMILES string of the molecule is C[C@H](CCC(=O)CCCCO)[C@H](O[Si](C)(C)C)[C@H](C)CO[Si](C)(C)C(C)(C)C. The second-order valence-electron chi connectivity index (χ2n) is 11.0. The first-order chi connectivity index (χ1) is 12.6. The minimum Gasteiger partial charge on any atom is -0.416 e. The molecule has 0 aromatic rings. The van der Waals surface area contributed by atoms with Crippen LogP contribution in [0.1, 0.15) is 66.7 Å². The quantitative estimate of drug-likeness (QED) is 0.270. The van der Waals surface area contributed by atoms with Gasteiger partial charge < -0.3 is 14.0 Å². The third-order valence-corrected chi connectivity index (χ3v) is 11.3. The predicted octanol–water partition coefficient (Wildman–Crippen LogP) is 6.01. The fourth-order valence-corrected chi connectivity index (χ4v) is 5.36. The molecule has 0 aromatic heterocycles. The zero-order chi connectivity index (χ0) is 22.2. The van der Waals surface area contributed by atoms with Crippen LogP contribution in [0.5, 0.6) is 0 Å². The van der Waals surface area contributed by atoms with Crippen molar-refractivity contribution in [1.82, 2.24) is 0 Å². The van der Waals surface area contributed by atoms with E-state index in [1.165, 1.54) is 0 Å². The number of carbonyl (C=O) groups is 1. The molecule has 0 aliphatic heterocycles. The van der Waals surface area contributed by atoms with Gasteiger partial charge in [0, 0.05) is 32.0 Å². The highest BCUT2D eigenvalue weighted by molar-refractivity contribution is 6.74. The first kappa shape index (κ1) is 28.0. The molecular formula is C22H48O4Si2. The summed E-state index contributed by atoms with van der Waals surface area (Å²) >= 11 is 0. The molecule has 6 heteroatoms. The molecule has 0 amide bonds. The normalized spacial score (nSPS) is 16.7. The second-order valence-corrected chi connectivity index (χ2v) is 20.2. The van der Waals surface area contributed by atoms with Gasteiger partial charge >= 0.3 is 0 Å². The Morgan fingerprint density at radius 3 is 2.00 bits per heavy atom. The standard InChI is InChI=1S/C22H48O4Si2/c1-18(14-15-20(24)13-11-12-16-23)21(26-27(6,7)8)19(2)17-25-28(9,10)22(3,4)5/h18-19,21,23H,11-17H2,1-10H3/t18-,19-,21+/m1/s1. The Balaban J connectivity index is 4.89. The molecule has 0 aliphatic carbocycles. The highest BCUT2D eigenvalue weighted by Gasteiger charge is 2.38. The number of hydrogen-bond acceptors (Lipinski definition) is 4. The molecule has 0 rings (SSSR count). The molecule has 0 spiro atoms. The van der Waals surface area contributed by atoms with Gasteiger partial charge in [0.15, 0.2) is 16.6 Å². The maximum Gasteiger partial charge on any atom is 0.191 e. The fourth-order valence-electron chi connectivity index (χ4n) is 2.96. The summed E-state index contributed by atoms with van der Waals surface area (Å²) < 4.78 is 13.0. The largest absolute Gasteiger partial charge is 0.416 e. The van der Waals surface area contributed by atoms with E-state index in [2.05, 4.69) is 67.4 Å². The number of ketones is 1. The Kier molecular flexibility index (Phi) is 12.0. The topological polar surface area (TPSA) is 55.8 Å². The first-order valence-electron chi connectivity index (χ1n) is 11.0. The number of carbonyl (C=O) groups excluding carboxylic acids is 1. The van der Waals surface area contributed by atoms with Gasteiger partial charge in [0.05, 0.1) is 6.10 Å². The lowest BCUT2D eigenvalue weighted by Gasteiger charge is -2.40. The predicted molar refractivity (Wildman–Crippen MR) is 125 cm³/mol. The zero-order valence-corrected chi connectivity index (χ0v) is 22.4. The van der Waals surface area contributed by atoms with E-state index in [0.717, 1.165) is 19.4 Å². The summed E-state index contributed by atoms with van der Waals surface area (Å²) in [6.45, 7) is 23.4. The molecule has 0 radical (unpaired) electrons. The molecule has 4 nitrogen and oxygen atoms in total. The molecule has 0 bridgehead atoms. The van der Waals surface area contributed by atoms with E-state index in [0.29, 0.717) is 36.9 Å². The Morgan fingerprint density at radius 1 is 0.964 bits per heavy atom. The Bertz CT molecular complexity index is 452. The van der Waals surface area contributed by atoms with E-state index in [1.807, 2.05) is 0 Å².